The van der Waals surface area contributed by atoms with Crippen molar-refractivity contribution in [2.75, 3.05) is 0 Å². The van der Waals surface area contributed by atoms with Crippen LogP contribution in [0.15, 0.2) is 36.5 Å². The minimum absolute atomic E-state index is 0.145. The molecule has 1 heterocycles. The summed E-state index contributed by atoms with van der Waals surface area (Å²) in [6, 6.07) is 10.6. The van der Waals surface area contributed by atoms with Crippen LogP contribution in [0.3, 0.4) is 0 Å². The number of rotatable bonds is 2. The van der Waals surface area contributed by atoms with Gasteiger partial charge in [-0.15, -0.1) is 0 Å². The quantitative estimate of drug-likeness (QED) is 0.892. The second-order valence-corrected chi connectivity index (χ2v) is 6.73. The summed E-state index contributed by atoms with van der Waals surface area (Å²) in [6.07, 6.45) is 9.65. The molecule has 0 spiro atoms. The van der Waals surface area contributed by atoms with Gasteiger partial charge in [-0.2, -0.15) is 0 Å². The first-order valence-corrected chi connectivity index (χ1v) is 7.89. The molecular weight excluding hydrogens is 244 g/mol. The predicted octanol–water partition coefficient (Wildman–Crippen LogP) is 3.99. The Morgan fingerprint density at radius 3 is 2.80 bits per heavy atom. The molecule has 2 heteroatoms. The zero-order chi connectivity index (χ0) is 13.6. The Kier molecular flexibility index (Phi) is 2.81. The molecule has 2 aliphatic carbocycles. The molecule has 104 valence electrons. The second-order valence-electron chi connectivity index (χ2n) is 6.73. The Balaban J connectivity index is 1.76. The maximum Gasteiger partial charge on any atom is 0.0705 e. The Hall–Kier alpha value is -1.41. The van der Waals surface area contributed by atoms with E-state index in [-0.39, 0.29) is 5.54 Å². The molecule has 1 aromatic carbocycles. The van der Waals surface area contributed by atoms with E-state index in [2.05, 4.69) is 29.2 Å². The topological polar surface area (TPSA) is 38.9 Å². The van der Waals surface area contributed by atoms with Crippen molar-refractivity contribution >= 4 is 10.9 Å². The molecule has 0 aliphatic heterocycles. The van der Waals surface area contributed by atoms with Gasteiger partial charge in [0.05, 0.1) is 5.52 Å². The Morgan fingerprint density at radius 1 is 1.05 bits per heavy atom. The number of benzene rings is 1. The summed E-state index contributed by atoms with van der Waals surface area (Å²) < 4.78 is 0. The van der Waals surface area contributed by atoms with Crippen molar-refractivity contribution in [3.63, 3.8) is 0 Å². The lowest BCUT2D eigenvalue weighted by Crippen LogP contribution is -2.42. The molecule has 0 radical (unpaired) electrons. The standard InChI is InChI=1S/C18H22N2/c19-18(10-2-4-14(12-18)13-8-9-13)16-6-1-7-17-15(16)5-3-11-20-17/h1,3,5-7,11,13-14H,2,4,8-10,12,19H2. The van der Waals surface area contributed by atoms with Crippen molar-refractivity contribution in [2.45, 2.75) is 44.1 Å². The summed E-state index contributed by atoms with van der Waals surface area (Å²) in [6.45, 7) is 0. The van der Waals surface area contributed by atoms with Crippen LogP contribution in [0.1, 0.15) is 44.1 Å². The molecule has 2 nitrogen and oxygen atoms in total. The summed E-state index contributed by atoms with van der Waals surface area (Å²) in [4.78, 5) is 4.48. The average Bonchev–Trinajstić information content (AvgIpc) is 3.31. The van der Waals surface area contributed by atoms with Gasteiger partial charge < -0.3 is 5.73 Å². The molecule has 20 heavy (non-hydrogen) atoms. The number of nitrogens with two attached hydrogens (primary N) is 1. The van der Waals surface area contributed by atoms with Crippen molar-refractivity contribution in [1.82, 2.24) is 4.98 Å². The molecule has 0 saturated heterocycles. The highest BCUT2D eigenvalue weighted by molar-refractivity contribution is 5.83. The fourth-order valence-corrected chi connectivity index (χ4v) is 4.10. The zero-order valence-corrected chi connectivity index (χ0v) is 11.9. The van der Waals surface area contributed by atoms with E-state index in [4.69, 9.17) is 5.73 Å². The number of nitrogens with zero attached hydrogens (tertiary/aromatic N) is 1. The van der Waals surface area contributed by atoms with Crippen LogP contribution in [-0.2, 0) is 5.54 Å². The van der Waals surface area contributed by atoms with Gasteiger partial charge in [0.2, 0.25) is 0 Å². The van der Waals surface area contributed by atoms with Crippen LogP contribution in [0, 0.1) is 11.8 Å². The van der Waals surface area contributed by atoms with Crippen LogP contribution >= 0.6 is 0 Å². The van der Waals surface area contributed by atoms with Crippen molar-refractivity contribution < 1.29 is 0 Å². The van der Waals surface area contributed by atoms with Gasteiger partial charge >= 0.3 is 0 Å². The van der Waals surface area contributed by atoms with Gasteiger partial charge in [0.1, 0.15) is 0 Å². The van der Waals surface area contributed by atoms with Gasteiger partial charge in [-0.1, -0.05) is 31.0 Å². The Bertz CT molecular complexity index is 627. The summed E-state index contributed by atoms with van der Waals surface area (Å²) in [5, 5.41) is 1.24. The van der Waals surface area contributed by atoms with Gasteiger partial charge in [0, 0.05) is 17.1 Å². The first-order chi connectivity index (χ1) is 9.76. The van der Waals surface area contributed by atoms with Crippen LogP contribution in [-0.4, -0.2) is 4.98 Å². The molecular formula is C18H22N2. The summed E-state index contributed by atoms with van der Waals surface area (Å²) >= 11 is 0. The minimum Gasteiger partial charge on any atom is -0.321 e. The van der Waals surface area contributed by atoms with E-state index in [1.807, 2.05) is 12.3 Å². The van der Waals surface area contributed by atoms with Gasteiger partial charge in [-0.25, -0.2) is 0 Å². The van der Waals surface area contributed by atoms with Crippen molar-refractivity contribution in [1.29, 1.82) is 0 Å². The number of hydrogen-bond acceptors (Lipinski definition) is 2. The van der Waals surface area contributed by atoms with Crippen LogP contribution < -0.4 is 5.73 Å². The Morgan fingerprint density at radius 2 is 1.95 bits per heavy atom. The summed E-state index contributed by atoms with van der Waals surface area (Å²) in [7, 11) is 0. The molecule has 2 aliphatic rings. The summed E-state index contributed by atoms with van der Waals surface area (Å²) in [5.74, 6) is 1.81. The van der Waals surface area contributed by atoms with Crippen molar-refractivity contribution in [3.05, 3.63) is 42.1 Å². The lowest BCUT2D eigenvalue weighted by Gasteiger charge is -2.39. The van der Waals surface area contributed by atoms with Gasteiger partial charge in [0.25, 0.3) is 0 Å². The summed E-state index contributed by atoms with van der Waals surface area (Å²) in [5.41, 5.74) is 9.12. The molecule has 2 N–H and O–H groups in total. The predicted molar refractivity (Wildman–Crippen MR) is 82.3 cm³/mol. The first kappa shape index (κ1) is 12.3. The SMILES string of the molecule is NC1(c2cccc3ncccc23)CCCC(C2CC2)C1. The number of pyridine rings is 1. The average molecular weight is 266 g/mol. The fraction of sp³-hybridized carbons (Fsp3) is 0.500. The van der Waals surface area contributed by atoms with E-state index < -0.39 is 0 Å². The molecule has 2 aromatic rings. The lowest BCUT2D eigenvalue weighted by molar-refractivity contribution is 0.208. The fourth-order valence-electron chi connectivity index (χ4n) is 4.10. The zero-order valence-electron chi connectivity index (χ0n) is 11.9. The van der Waals surface area contributed by atoms with E-state index in [9.17, 15) is 0 Å². The molecule has 1 aromatic heterocycles. The van der Waals surface area contributed by atoms with Gasteiger partial charge in [-0.05, 0) is 55.2 Å². The third-order valence-corrected chi connectivity index (χ3v) is 5.30. The maximum atomic E-state index is 6.87. The van der Waals surface area contributed by atoms with Crippen molar-refractivity contribution in [2.24, 2.45) is 17.6 Å². The van der Waals surface area contributed by atoms with E-state index in [0.29, 0.717) is 0 Å². The smallest absolute Gasteiger partial charge is 0.0705 e. The highest BCUT2D eigenvalue weighted by Crippen LogP contribution is 2.49. The Labute approximate surface area is 120 Å². The third kappa shape index (κ3) is 2.03. The van der Waals surface area contributed by atoms with E-state index in [1.54, 1.807) is 0 Å². The van der Waals surface area contributed by atoms with E-state index >= 15 is 0 Å². The molecule has 2 atom stereocenters. The molecule has 4 rings (SSSR count). The van der Waals surface area contributed by atoms with Crippen LogP contribution in [0.4, 0.5) is 0 Å². The number of aromatic nitrogens is 1. The van der Waals surface area contributed by atoms with Crippen LogP contribution in [0.5, 0.6) is 0 Å². The highest BCUT2D eigenvalue weighted by atomic mass is 14.8. The van der Waals surface area contributed by atoms with Gasteiger partial charge in [0.15, 0.2) is 0 Å². The molecule has 2 saturated carbocycles. The molecule has 2 fully saturated rings. The van der Waals surface area contributed by atoms with E-state index in [1.165, 1.54) is 36.6 Å². The van der Waals surface area contributed by atoms with Crippen LogP contribution in [0.2, 0.25) is 0 Å². The normalized spacial score (nSPS) is 30.6. The number of hydrogen-bond donors (Lipinski definition) is 1. The monoisotopic (exact) mass is 266 g/mol. The van der Waals surface area contributed by atoms with Gasteiger partial charge in [-0.3, -0.25) is 4.98 Å². The molecule has 0 amide bonds. The minimum atomic E-state index is -0.145. The largest absolute Gasteiger partial charge is 0.321 e. The number of fused-ring (bicyclic) bond motifs is 1. The lowest BCUT2D eigenvalue weighted by atomic mass is 9.70. The molecule has 0 bridgehead atoms. The molecule has 2 unspecified atom stereocenters. The maximum absolute atomic E-state index is 6.87. The second kappa shape index (κ2) is 4.56. The first-order valence-electron chi connectivity index (χ1n) is 7.89. The van der Waals surface area contributed by atoms with E-state index in [0.717, 1.165) is 30.2 Å². The third-order valence-electron chi connectivity index (χ3n) is 5.30. The van der Waals surface area contributed by atoms with Crippen molar-refractivity contribution in [3.8, 4) is 0 Å². The van der Waals surface area contributed by atoms with Crippen LogP contribution in [0.25, 0.3) is 10.9 Å². The highest BCUT2D eigenvalue weighted by Gasteiger charge is 2.41.